The first-order valence-electron chi connectivity index (χ1n) is 5.71. The lowest BCUT2D eigenvalue weighted by Gasteiger charge is -2.12. The standard InChI is InChI=1S/C15H15NO2/c1-18-15(17)13-9-7-12(8-10-13)14(16)11-5-3-2-4-6-11/h2-10,14H,16H2,1H3/t14-/m1/s1. The summed E-state index contributed by atoms with van der Waals surface area (Å²) in [4.78, 5) is 11.3. The van der Waals surface area contributed by atoms with Crippen LogP contribution in [-0.2, 0) is 4.74 Å². The molecule has 0 amide bonds. The predicted octanol–water partition coefficient (Wildman–Crippen LogP) is 2.52. The topological polar surface area (TPSA) is 52.3 Å². The fourth-order valence-corrected chi connectivity index (χ4v) is 1.80. The molecule has 3 heteroatoms. The second-order valence-electron chi connectivity index (χ2n) is 4.00. The molecule has 0 radical (unpaired) electrons. The summed E-state index contributed by atoms with van der Waals surface area (Å²) in [5, 5.41) is 0. The number of carbonyl (C=O) groups excluding carboxylic acids is 1. The maximum absolute atomic E-state index is 11.3. The molecule has 2 aromatic rings. The summed E-state index contributed by atoms with van der Waals surface area (Å²) < 4.78 is 4.65. The first-order chi connectivity index (χ1) is 8.72. The van der Waals surface area contributed by atoms with E-state index in [2.05, 4.69) is 4.74 Å². The highest BCUT2D eigenvalue weighted by Gasteiger charge is 2.10. The van der Waals surface area contributed by atoms with Gasteiger partial charge in [-0.05, 0) is 23.3 Å². The summed E-state index contributed by atoms with van der Waals surface area (Å²) in [6, 6.07) is 16.8. The first kappa shape index (κ1) is 12.3. The minimum absolute atomic E-state index is 0.183. The number of nitrogens with two attached hydrogens (primary N) is 1. The van der Waals surface area contributed by atoms with E-state index in [1.54, 1.807) is 12.1 Å². The maximum atomic E-state index is 11.3. The number of benzene rings is 2. The molecule has 92 valence electrons. The molecule has 0 fully saturated rings. The van der Waals surface area contributed by atoms with Crippen LogP contribution >= 0.6 is 0 Å². The number of hydrogen-bond donors (Lipinski definition) is 1. The van der Waals surface area contributed by atoms with Crippen LogP contribution in [0.3, 0.4) is 0 Å². The van der Waals surface area contributed by atoms with Gasteiger partial charge in [0.05, 0.1) is 18.7 Å². The Kier molecular flexibility index (Phi) is 3.75. The van der Waals surface area contributed by atoms with Crippen molar-refractivity contribution in [3.63, 3.8) is 0 Å². The van der Waals surface area contributed by atoms with Crippen molar-refractivity contribution in [1.29, 1.82) is 0 Å². The van der Waals surface area contributed by atoms with E-state index in [1.807, 2.05) is 42.5 Å². The Morgan fingerprint density at radius 1 is 1.00 bits per heavy atom. The van der Waals surface area contributed by atoms with Crippen LogP contribution in [0.2, 0.25) is 0 Å². The fraction of sp³-hybridized carbons (Fsp3) is 0.133. The zero-order valence-electron chi connectivity index (χ0n) is 10.2. The van der Waals surface area contributed by atoms with Crippen LogP contribution in [0.15, 0.2) is 54.6 Å². The molecule has 3 nitrogen and oxygen atoms in total. The molecular weight excluding hydrogens is 226 g/mol. The molecule has 0 aliphatic heterocycles. The smallest absolute Gasteiger partial charge is 0.337 e. The lowest BCUT2D eigenvalue weighted by atomic mass is 9.99. The Hall–Kier alpha value is -2.13. The molecule has 0 saturated heterocycles. The summed E-state index contributed by atoms with van der Waals surface area (Å²) >= 11 is 0. The van der Waals surface area contributed by atoms with Crippen molar-refractivity contribution in [2.75, 3.05) is 7.11 Å². The van der Waals surface area contributed by atoms with Crippen molar-refractivity contribution in [1.82, 2.24) is 0 Å². The quantitative estimate of drug-likeness (QED) is 0.840. The first-order valence-corrected chi connectivity index (χ1v) is 5.71. The van der Waals surface area contributed by atoms with E-state index >= 15 is 0 Å². The molecule has 18 heavy (non-hydrogen) atoms. The number of esters is 1. The molecule has 0 saturated carbocycles. The van der Waals surface area contributed by atoms with E-state index in [4.69, 9.17) is 5.73 Å². The molecule has 1 atom stereocenters. The van der Waals surface area contributed by atoms with Gasteiger partial charge in [-0.1, -0.05) is 42.5 Å². The summed E-state index contributed by atoms with van der Waals surface area (Å²) in [5.41, 5.74) is 8.70. The van der Waals surface area contributed by atoms with Gasteiger partial charge >= 0.3 is 5.97 Å². The van der Waals surface area contributed by atoms with Gasteiger partial charge in [0.2, 0.25) is 0 Å². The van der Waals surface area contributed by atoms with Gasteiger partial charge in [-0.15, -0.1) is 0 Å². The van der Waals surface area contributed by atoms with Gasteiger partial charge in [-0.25, -0.2) is 4.79 Å². The Labute approximate surface area is 106 Å². The fourth-order valence-electron chi connectivity index (χ4n) is 1.80. The Bertz CT molecular complexity index is 520. The minimum Gasteiger partial charge on any atom is -0.465 e. The van der Waals surface area contributed by atoms with Gasteiger partial charge in [0.25, 0.3) is 0 Å². The number of carbonyl (C=O) groups is 1. The summed E-state index contributed by atoms with van der Waals surface area (Å²) in [5.74, 6) is -0.338. The molecule has 0 heterocycles. The number of ether oxygens (including phenoxy) is 1. The van der Waals surface area contributed by atoms with Crippen molar-refractivity contribution in [2.24, 2.45) is 5.73 Å². The van der Waals surface area contributed by atoms with Crippen molar-refractivity contribution in [3.8, 4) is 0 Å². The van der Waals surface area contributed by atoms with E-state index in [-0.39, 0.29) is 12.0 Å². The normalized spacial score (nSPS) is 11.9. The highest BCUT2D eigenvalue weighted by Crippen LogP contribution is 2.19. The molecule has 2 rings (SSSR count). The maximum Gasteiger partial charge on any atom is 0.337 e. The molecule has 2 N–H and O–H groups in total. The zero-order chi connectivity index (χ0) is 13.0. The van der Waals surface area contributed by atoms with Gasteiger partial charge in [0.15, 0.2) is 0 Å². The lowest BCUT2D eigenvalue weighted by molar-refractivity contribution is 0.0600. The Morgan fingerprint density at radius 2 is 1.56 bits per heavy atom. The van der Waals surface area contributed by atoms with Gasteiger partial charge in [0, 0.05) is 0 Å². The van der Waals surface area contributed by atoms with E-state index < -0.39 is 0 Å². The number of rotatable bonds is 3. The third kappa shape index (κ3) is 2.57. The van der Waals surface area contributed by atoms with Gasteiger partial charge in [-0.3, -0.25) is 0 Å². The molecule has 0 spiro atoms. The van der Waals surface area contributed by atoms with Gasteiger partial charge in [0.1, 0.15) is 0 Å². The van der Waals surface area contributed by atoms with Crippen molar-refractivity contribution < 1.29 is 9.53 Å². The second-order valence-corrected chi connectivity index (χ2v) is 4.00. The summed E-state index contributed by atoms with van der Waals surface area (Å²) in [6.07, 6.45) is 0. The molecule has 0 aliphatic rings. The molecular formula is C15H15NO2. The van der Waals surface area contributed by atoms with Gasteiger partial charge in [-0.2, -0.15) is 0 Å². The minimum atomic E-state index is -0.338. The molecule has 0 aromatic heterocycles. The Morgan fingerprint density at radius 3 is 2.11 bits per heavy atom. The average Bonchev–Trinajstić information content (AvgIpc) is 2.47. The average molecular weight is 241 g/mol. The van der Waals surface area contributed by atoms with Crippen LogP contribution in [0.25, 0.3) is 0 Å². The highest BCUT2D eigenvalue weighted by atomic mass is 16.5. The molecule has 0 aliphatic carbocycles. The molecule has 0 bridgehead atoms. The van der Waals surface area contributed by atoms with Crippen LogP contribution in [0.5, 0.6) is 0 Å². The van der Waals surface area contributed by atoms with E-state index in [1.165, 1.54) is 7.11 Å². The monoisotopic (exact) mass is 241 g/mol. The van der Waals surface area contributed by atoms with Crippen molar-refractivity contribution in [2.45, 2.75) is 6.04 Å². The summed E-state index contributed by atoms with van der Waals surface area (Å²) in [6.45, 7) is 0. The molecule has 2 aromatic carbocycles. The van der Waals surface area contributed by atoms with Crippen LogP contribution in [0, 0.1) is 0 Å². The zero-order valence-corrected chi connectivity index (χ0v) is 10.2. The Balaban J connectivity index is 2.22. The number of hydrogen-bond acceptors (Lipinski definition) is 3. The number of methoxy groups -OCH3 is 1. The van der Waals surface area contributed by atoms with Crippen LogP contribution in [0.1, 0.15) is 27.5 Å². The summed E-state index contributed by atoms with van der Waals surface area (Å²) in [7, 11) is 1.37. The predicted molar refractivity (Wildman–Crippen MR) is 70.3 cm³/mol. The van der Waals surface area contributed by atoms with Gasteiger partial charge < -0.3 is 10.5 Å². The van der Waals surface area contributed by atoms with Crippen LogP contribution in [-0.4, -0.2) is 13.1 Å². The van der Waals surface area contributed by atoms with E-state index in [0.717, 1.165) is 11.1 Å². The highest BCUT2D eigenvalue weighted by molar-refractivity contribution is 5.89. The third-order valence-corrected chi connectivity index (χ3v) is 2.85. The third-order valence-electron chi connectivity index (χ3n) is 2.85. The van der Waals surface area contributed by atoms with Crippen molar-refractivity contribution in [3.05, 3.63) is 71.3 Å². The van der Waals surface area contributed by atoms with Crippen LogP contribution in [0.4, 0.5) is 0 Å². The van der Waals surface area contributed by atoms with E-state index in [0.29, 0.717) is 5.56 Å². The SMILES string of the molecule is COC(=O)c1ccc([C@H](N)c2ccccc2)cc1. The van der Waals surface area contributed by atoms with Crippen molar-refractivity contribution >= 4 is 5.97 Å². The second kappa shape index (κ2) is 5.47. The molecule has 0 unspecified atom stereocenters. The lowest BCUT2D eigenvalue weighted by Crippen LogP contribution is -2.12. The largest absolute Gasteiger partial charge is 0.465 e. The van der Waals surface area contributed by atoms with E-state index in [9.17, 15) is 4.79 Å². The van der Waals surface area contributed by atoms with Crippen LogP contribution < -0.4 is 5.73 Å².